The van der Waals surface area contributed by atoms with Gasteiger partial charge in [-0.25, -0.2) is 4.79 Å². The van der Waals surface area contributed by atoms with Gasteiger partial charge < -0.3 is 29.4 Å². The van der Waals surface area contributed by atoms with E-state index in [9.17, 15) is 14.9 Å². The maximum Gasteiger partial charge on any atom is 0.338 e. The molecule has 0 fully saturated rings. The highest BCUT2D eigenvalue weighted by atomic mass is 16.5. The van der Waals surface area contributed by atoms with Crippen molar-refractivity contribution >= 4 is 11.9 Å². The summed E-state index contributed by atoms with van der Waals surface area (Å²) in [6, 6.07) is 7.09. The van der Waals surface area contributed by atoms with E-state index < -0.39 is 17.9 Å². The second-order valence-electron chi connectivity index (χ2n) is 6.54. The van der Waals surface area contributed by atoms with Crippen molar-refractivity contribution in [3.05, 3.63) is 46.6 Å². The molecule has 0 aromatic heterocycles. The zero-order chi connectivity index (χ0) is 23.7. The van der Waals surface area contributed by atoms with Gasteiger partial charge in [-0.1, -0.05) is 6.07 Å². The molecule has 9 nitrogen and oxygen atoms in total. The van der Waals surface area contributed by atoms with Gasteiger partial charge in [-0.2, -0.15) is 5.26 Å². The molecule has 0 bridgehead atoms. The Balaban J connectivity index is 2.69. The summed E-state index contributed by atoms with van der Waals surface area (Å²) in [7, 11) is 0. The Labute approximate surface area is 187 Å². The van der Waals surface area contributed by atoms with E-state index in [1.165, 1.54) is 0 Å². The number of hydrogen-bond donors (Lipinski definition) is 1. The first-order chi connectivity index (χ1) is 15.4. The summed E-state index contributed by atoms with van der Waals surface area (Å²) in [5, 5.41) is 9.80. The lowest BCUT2D eigenvalue weighted by Gasteiger charge is -2.28. The highest BCUT2D eigenvalue weighted by molar-refractivity contribution is 5.93. The van der Waals surface area contributed by atoms with Crippen molar-refractivity contribution in [2.24, 2.45) is 5.73 Å². The Hall–Kier alpha value is -3.67. The zero-order valence-corrected chi connectivity index (χ0v) is 18.7. The number of rotatable bonds is 10. The van der Waals surface area contributed by atoms with E-state index in [0.717, 1.165) is 0 Å². The van der Waals surface area contributed by atoms with E-state index in [-0.39, 0.29) is 42.4 Å². The van der Waals surface area contributed by atoms with Crippen LogP contribution in [0.1, 0.15) is 45.6 Å². The Kier molecular flexibility index (Phi) is 8.95. The Morgan fingerprint density at radius 2 is 1.69 bits per heavy atom. The lowest BCUT2D eigenvalue weighted by atomic mass is 9.82. The molecule has 0 saturated heterocycles. The average Bonchev–Trinajstić information content (AvgIpc) is 2.75. The molecule has 1 aliphatic heterocycles. The van der Waals surface area contributed by atoms with Gasteiger partial charge in [0, 0.05) is 0 Å². The van der Waals surface area contributed by atoms with E-state index in [0.29, 0.717) is 30.3 Å². The van der Waals surface area contributed by atoms with E-state index >= 15 is 0 Å². The molecule has 2 rings (SSSR count). The van der Waals surface area contributed by atoms with Gasteiger partial charge in [-0.05, 0) is 45.4 Å². The second kappa shape index (κ2) is 11.6. The van der Waals surface area contributed by atoms with E-state index in [1.807, 2.05) is 19.9 Å². The van der Waals surface area contributed by atoms with Crippen LogP contribution in [0.2, 0.25) is 0 Å². The maximum atomic E-state index is 12.9. The molecule has 0 saturated carbocycles. The summed E-state index contributed by atoms with van der Waals surface area (Å²) >= 11 is 0. The molecule has 1 aliphatic rings. The number of benzene rings is 1. The predicted octanol–water partition coefficient (Wildman–Crippen LogP) is 3.06. The molecule has 1 unspecified atom stereocenters. The highest BCUT2D eigenvalue weighted by Crippen LogP contribution is 2.43. The summed E-state index contributed by atoms with van der Waals surface area (Å²) < 4.78 is 27.0. The first-order valence-electron chi connectivity index (χ1n) is 10.4. The molecule has 0 spiro atoms. The fourth-order valence-corrected chi connectivity index (χ4v) is 3.31. The Bertz CT molecular complexity index is 960. The maximum absolute atomic E-state index is 12.9. The van der Waals surface area contributed by atoms with E-state index in [2.05, 4.69) is 0 Å². The largest absolute Gasteiger partial charge is 0.490 e. The van der Waals surface area contributed by atoms with Gasteiger partial charge >= 0.3 is 11.9 Å². The molecule has 1 aromatic rings. The molecular formula is C23H28N2O7. The lowest BCUT2D eigenvalue weighted by molar-refractivity contribution is -0.143. The summed E-state index contributed by atoms with van der Waals surface area (Å²) in [6.45, 7) is 8.08. The highest BCUT2D eigenvalue weighted by Gasteiger charge is 2.38. The third-order valence-electron chi connectivity index (χ3n) is 4.50. The lowest BCUT2D eigenvalue weighted by Crippen LogP contribution is -2.27. The quantitative estimate of drug-likeness (QED) is 0.541. The topological polar surface area (TPSA) is 130 Å². The van der Waals surface area contributed by atoms with Gasteiger partial charge in [-0.3, -0.25) is 4.79 Å². The molecule has 1 heterocycles. The zero-order valence-electron chi connectivity index (χ0n) is 18.7. The van der Waals surface area contributed by atoms with Gasteiger partial charge in [0.25, 0.3) is 0 Å². The number of allylic oxidation sites excluding steroid dienone is 1. The molecule has 0 amide bonds. The van der Waals surface area contributed by atoms with Gasteiger partial charge in [0.15, 0.2) is 11.5 Å². The molecule has 32 heavy (non-hydrogen) atoms. The number of nitriles is 1. The number of nitrogens with two attached hydrogens (primary N) is 1. The summed E-state index contributed by atoms with van der Waals surface area (Å²) in [4.78, 5) is 25.1. The molecule has 2 N–H and O–H groups in total. The van der Waals surface area contributed by atoms with Gasteiger partial charge in [0.1, 0.15) is 23.8 Å². The van der Waals surface area contributed by atoms with Crippen LogP contribution < -0.4 is 15.2 Å². The number of ether oxygens (including phenoxy) is 5. The number of hydrogen-bond acceptors (Lipinski definition) is 9. The van der Waals surface area contributed by atoms with Crippen LogP contribution in [-0.2, 0) is 23.8 Å². The van der Waals surface area contributed by atoms with Gasteiger partial charge in [-0.15, -0.1) is 0 Å². The Morgan fingerprint density at radius 3 is 2.28 bits per heavy atom. The Morgan fingerprint density at radius 1 is 1.03 bits per heavy atom. The molecule has 1 aromatic carbocycles. The van der Waals surface area contributed by atoms with Crippen molar-refractivity contribution in [1.82, 2.24) is 0 Å². The van der Waals surface area contributed by atoms with Crippen LogP contribution >= 0.6 is 0 Å². The average molecular weight is 444 g/mol. The number of nitrogens with zero attached hydrogens (tertiary/aromatic N) is 1. The number of carbonyl (C=O) groups excluding carboxylic acids is 2. The monoisotopic (exact) mass is 444 g/mol. The fourth-order valence-electron chi connectivity index (χ4n) is 3.31. The smallest absolute Gasteiger partial charge is 0.338 e. The SMILES string of the molecule is CCOC(=O)CC1=C(C(=O)OCC)C(c2ccc(OCC)c(OCC)c2)C(C#N)=C(N)O1. The first kappa shape index (κ1) is 24.6. The third kappa shape index (κ3) is 5.52. The molecule has 1 atom stereocenters. The minimum Gasteiger partial charge on any atom is -0.490 e. The fraction of sp³-hybridized carbons (Fsp3) is 0.435. The summed E-state index contributed by atoms with van der Waals surface area (Å²) in [6.07, 6.45) is -0.340. The van der Waals surface area contributed by atoms with Crippen molar-refractivity contribution < 1.29 is 33.3 Å². The number of esters is 2. The van der Waals surface area contributed by atoms with Crippen molar-refractivity contribution in [3.63, 3.8) is 0 Å². The van der Waals surface area contributed by atoms with E-state index in [1.54, 1.807) is 32.0 Å². The number of carbonyl (C=O) groups is 2. The van der Waals surface area contributed by atoms with Crippen LogP contribution in [-0.4, -0.2) is 38.4 Å². The predicted molar refractivity (Wildman–Crippen MR) is 114 cm³/mol. The second-order valence-corrected chi connectivity index (χ2v) is 6.54. The minimum atomic E-state index is -0.924. The van der Waals surface area contributed by atoms with Crippen LogP contribution in [0, 0.1) is 11.3 Å². The van der Waals surface area contributed by atoms with Gasteiger partial charge in [0.05, 0.1) is 37.9 Å². The molecular weight excluding hydrogens is 416 g/mol. The minimum absolute atomic E-state index is 0.0114. The summed E-state index contributed by atoms with van der Waals surface area (Å²) in [5.41, 5.74) is 6.57. The van der Waals surface area contributed by atoms with Gasteiger partial charge in [0.2, 0.25) is 5.88 Å². The summed E-state index contributed by atoms with van der Waals surface area (Å²) in [5.74, 6) is -1.49. The van der Waals surface area contributed by atoms with Crippen molar-refractivity contribution in [2.45, 2.75) is 40.0 Å². The van der Waals surface area contributed by atoms with Crippen molar-refractivity contribution in [3.8, 4) is 17.6 Å². The van der Waals surface area contributed by atoms with Crippen LogP contribution in [0.5, 0.6) is 11.5 Å². The first-order valence-corrected chi connectivity index (χ1v) is 10.4. The normalized spacial score (nSPS) is 15.5. The molecule has 172 valence electrons. The van der Waals surface area contributed by atoms with E-state index in [4.69, 9.17) is 29.4 Å². The van der Waals surface area contributed by atoms with Crippen LogP contribution in [0.25, 0.3) is 0 Å². The molecule has 0 radical (unpaired) electrons. The standard InChI is InChI=1S/C23H28N2O7/c1-5-28-16-10-9-14(11-17(16)29-6-2)20-15(13-24)22(25)32-18(12-19(26)30-7-3)21(20)23(27)31-8-4/h9-11,20H,5-8,12,25H2,1-4H3. The molecule has 0 aliphatic carbocycles. The van der Waals surface area contributed by atoms with Crippen molar-refractivity contribution in [2.75, 3.05) is 26.4 Å². The van der Waals surface area contributed by atoms with Crippen molar-refractivity contribution in [1.29, 1.82) is 5.26 Å². The third-order valence-corrected chi connectivity index (χ3v) is 4.50. The van der Waals surface area contributed by atoms with Crippen LogP contribution in [0.15, 0.2) is 41.0 Å². The van der Waals surface area contributed by atoms with Crippen LogP contribution in [0.4, 0.5) is 0 Å². The molecule has 9 heteroatoms. The van der Waals surface area contributed by atoms with Crippen LogP contribution in [0.3, 0.4) is 0 Å².